The molecule has 0 atom stereocenters. The van der Waals surface area contributed by atoms with Crippen LogP contribution >= 0.6 is 0 Å². The Balaban J connectivity index is 2.20. The lowest BCUT2D eigenvalue weighted by atomic mass is 10.2. The number of benzene rings is 1. The van der Waals surface area contributed by atoms with Gasteiger partial charge in [-0.15, -0.1) is 4.91 Å². The largest absolute Gasteiger partial charge is 0.257 e. The molecular formula is C13H10N2O. The molecule has 2 aromatic rings. The van der Waals surface area contributed by atoms with Gasteiger partial charge in [-0.2, -0.15) is 0 Å². The van der Waals surface area contributed by atoms with Gasteiger partial charge in [-0.3, -0.25) is 4.98 Å². The summed E-state index contributed by atoms with van der Waals surface area (Å²) in [5.41, 5.74) is 2.25. The molecule has 0 aliphatic carbocycles. The normalized spacial score (nSPS) is 10.5. The summed E-state index contributed by atoms with van der Waals surface area (Å²) in [6, 6.07) is 12.8. The van der Waals surface area contributed by atoms with E-state index in [0.717, 1.165) is 11.3 Å². The molecule has 3 heteroatoms. The van der Waals surface area contributed by atoms with Crippen LogP contribution in [0.4, 0.5) is 5.69 Å². The summed E-state index contributed by atoms with van der Waals surface area (Å²) in [6.45, 7) is 0. The Kier molecular flexibility index (Phi) is 3.18. The molecule has 0 amide bonds. The molecule has 0 unspecified atom stereocenters. The summed E-state index contributed by atoms with van der Waals surface area (Å²) in [5.74, 6) is 0. The quantitative estimate of drug-likeness (QED) is 0.725. The topological polar surface area (TPSA) is 42.3 Å². The lowest BCUT2D eigenvalue weighted by Crippen LogP contribution is -1.76. The zero-order valence-electron chi connectivity index (χ0n) is 8.58. The van der Waals surface area contributed by atoms with Crippen molar-refractivity contribution in [3.63, 3.8) is 0 Å². The molecule has 1 heterocycles. The fraction of sp³-hybridized carbons (Fsp3) is 0. The summed E-state index contributed by atoms with van der Waals surface area (Å²) < 4.78 is 0. The summed E-state index contributed by atoms with van der Waals surface area (Å²) >= 11 is 0. The first-order valence-electron chi connectivity index (χ1n) is 4.91. The van der Waals surface area contributed by atoms with Crippen molar-refractivity contribution in [2.24, 2.45) is 5.18 Å². The smallest absolute Gasteiger partial charge is 0.108 e. The minimum atomic E-state index is 0.433. The van der Waals surface area contributed by atoms with E-state index >= 15 is 0 Å². The van der Waals surface area contributed by atoms with Crippen LogP contribution in [-0.2, 0) is 0 Å². The summed E-state index contributed by atoms with van der Waals surface area (Å²) in [4.78, 5) is 14.5. The average Bonchev–Trinajstić information content (AvgIpc) is 2.38. The van der Waals surface area contributed by atoms with Gasteiger partial charge >= 0.3 is 0 Å². The van der Waals surface area contributed by atoms with E-state index in [-0.39, 0.29) is 0 Å². The van der Waals surface area contributed by atoms with Crippen molar-refractivity contribution in [3.05, 3.63) is 64.8 Å². The van der Waals surface area contributed by atoms with E-state index in [1.54, 1.807) is 24.4 Å². The zero-order valence-corrected chi connectivity index (χ0v) is 8.58. The van der Waals surface area contributed by atoms with Gasteiger partial charge in [0.25, 0.3) is 0 Å². The van der Waals surface area contributed by atoms with E-state index in [0.29, 0.717) is 5.69 Å². The van der Waals surface area contributed by atoms with Crippen LogP contribution < -0.4 is 0 Å². The highest BCUT2D eigenvalue weighted by Crippen LogP contribution is 2.15. The van der Waals surface area contributed by atoms with Crippen molar-refractivity contribution in [1.29, 1.82) is 0 Å². The molecule has 2 rings (SSSR count). The van der Waals surface area contributed by atoms with Gasteiger partial charge in [-0.25, -0.2) is 0 Å². The van der Waals surface area contributed by atoms with Crippen molar-refractivity contribution in [1.82, 2.24) is 4.98 Å². The Morgan fingerprint density at radius 2 is 2.00 bits per heavy atom. The van der Waals surface area contributed by atoms with Gasteiger partial charge < -0.3 is 0 Å². The number of rotatable bonds is 3. The van der Waals surface area contributed by atoms with Gasteiger partial charge in [0.05, 0.1) is 5.69 Å². The maximum Gasteiger partial charge on any atom is 0.108 e. The highest BCUT2D eigenvalue weighted by atomic mass is 16.3. The van der Waals surface area contributed by atoms with Crippen LogP contribution in [0, 0.1) is 4.91 Å². The lowest BCUT2D eigenvalue weighted by molar-refractivity contribution is 1.30. The van der Waals surface area contributed by atoms with Crippen LogP contribution in [0.25, 0.3) is 12.2 Å². The molecule has 0 aliphatic heterocycles. The molecule has 1 aromatic heterocycles. The number of hydrogen-bond acceptors (Lipinski definition) is 3. The predicted octanol–water partition coefficient (Wildman–Crippen LogP) is 3.65. The molecule has 0 radical (unpaired) electrons. The Morgan fingerprint density at radius 3 is 2.75 bits per heavy atom. The predicted molar refractivity (Wildman–Crippen MR) is 65.1 cm³/mol. The van der Waals surface area contributed by atoms with Crippen LogP contribution in [0.1, 0.15) is 11.3 Å². The fourth-order valence-electron chi connectivity index (χ4n) is 1.34. The summed E-state index contributed by atoms with van der Waals surface area (Å²) in [5, 5.41) is 2.89. The first-order chi connectivity index (χ1) is 7.88. The van der Waals surface area contributed by atoms with Crippen molar-refractivity contribution in [3.8, 4) is 0 Å². The highest BCUT2D eigenvalue weighted by Gasteiger charge is 1.92. The molecule has 0 fully saturated rings. The van der Waals surface area contributed by atoms with Crippen LogP contribution in [0.5, 0.6) is 0 Å². The Labute approximate surface area is 93.4 Å². The van der Waals surface area contributed by atoms with Gasteiger partial charge in [0.2, 0.25) is 0 Å². The number of hydrogen-bond donors (Lipinski definition) is 0. The zero-order chi connectivity index (χ0) is 11.2. The molecule has 0 saturated heterocycles. The number of aromatic nitrogens is 1. The average molecular weight is 210 g/mol. The summed E-state index contributed by atoms with van der Waals surface area (Å²) in [7, 11) is 0. The van der Waals surface area contributed by atoms with Crippen molar-refractivity contribution in [2.75, 3.05) is 0 Å². The van der Waals surface area contributed by atoms with E-state index in [9.17, 15) is 4.91 Å². The molecule has 0 spiro atoms. The van der Waals surface area contributed by atoms with Gasteiger partial charge in [0.1, 0.15) is 5.69 Å². The molecule has 3 nitrogen and oxygen atoms in total. The molecule has 78 valence electrons. The number of pyridine rings is 1. The maximum atomic E-state index is 10.3. The minimum Gasteiger partial charge on any atom is -0.257 e. The summed E-state index contributed by atoms with van der Waals surface area (Å²) in [6.07, 6.45) is 5.53. The number of nitroso groups, excluding NO2 is 1. The molecular weight excluding hydrogens is 200 g/mol. The van der Waals surface area contributed by atoms with E-state index in [1.807, 2.05) is 36.4 Å². The third-order valence-corrected chi connectivity index (χ3v) is 2.11. The second-order valence-electron chi connectivity index (χ2n) is 3.27. The van der Waals surface area contributed by atoms with E-state index in [1.165, 1.54) is 0 Å². The van der Waals surface area contributed by atoms with Gasteiger partial charge in [0, 0.05) is 6.20 Å². The van der Waals surface area contributed by atoms with Gasteiger partial charge in [-0.1, -0.05) is 24.3 Å². The van der Waals surface area contributed by atoms with E-state index < -0.39 is 0 Å². The van der Waals surface area contributed by atoms with Gasteiger partial charge in [0.15, 0.2) is 0 Å². The standard InChI is InChI=1S/C13H10N2O/c16-15-13-6-3-4-11(10-13)7-8-12-5-1-2-9-14-12/h1-10H/b8-7-. The van der Waals surface area contributed by atoms with E-state index in [4.69, 9.17) is 0 Å². The van der Waals surface area contributed by atoms with Crippen LogP contribution in [0.2, 0.25) is 0 Å². The lowest BCUT2D eigenvalue weighted by Gasteiger charge is -1.94. The van der Waals surface area contributed by atoms with Crippen molar-refractivity contribution >= 4 is 17.8 Å². The second kappa shape index (κ2) is 4.98. The monoisotopic (exact) mass is 210 g/mol. The van der Waals surface area contributed by atoms with Crippen molar-refractivity contribution in [2.45, 2.75) is 0 Å². The fourth-order valence-corrected chi connectivity index (χ4v) is 1.34. The number of nitrogens with zero attached hydrogens (tertiary/aromatic N) is 2. The highest BCUT2D eigenvalue weighted by molar-refractivity contribution is 5.69. The second-order valence-corrected chi connectivity index (χ2v) is 3.27. The Hall–Kier alpha value is -2.29. The third-order valence-electron chi connectivity index (χ3n) is 2.11. The van der Waals surface area contributed by atoms with Crippen LogP contribution in [-0.4, -0.2) is 4.98 Å². The Bertz CT molecular complexity index is 506. The Morgan fingerprint density at radius 1 is 1.06 bits per heavy atom. The third kappa shape index (κ3) is 2.60. The first-order valence-corrected chi connectivity index (χ1v) is 4.91. The van der Waals surface area contributed by atoms with Gasteiger partial charge in [-0.05, 0) is 41.1 Å². The molecule has 0 bridgehead atoms. The van der Waals surface area contributed by atoms with Crippen LogP contribution in [0.15, 0.2) is 53.8 Å². The first kappa shape index (κ1) is 10.2. The van der Waals surface area contributed by atoms with Crippen LogP contribution in [0.3, 0.4) is 0 Å². The molecule has 1 aromatic carbocycles. The minimum absolute atomic E-state index is 0.433. The molecule has 0 saturated carbocycles. The molecule has 0 N–H and O–H groups in total. The maximum absolute atomic E-state index is 10.3. The van der Waals surface area contributed by atoms with Crippen molar-refractivity contribution < 1.29 is 0 Å². The SMILES string of the molecule is O=Nc1cccc(/C=C\c2ccccn2)c1. The van der Waals surface area contributed by atoms with E-state index in [2.05, 4.69) is 10.2 Å². The molecule has 16 heavy (non-hydrogen) atoms. The molecule has 0 aliphatic rings.